The molecule has 0 spiro atoms. The summed E-state index contributed by atoms with van der Waals surface area (Å²) in [5, 5.41) is 18.1. The van der Waals surface area contributed by atoms with Gasteiger partial charge in [-0.3, -0.25) is 15.2 Å². The summed E-state index contributed by atoms with van der Waals surface area (Å²) in [6.07, 6.45) is 1.63. The SMILES string of the molecule is O=[N+]([O-])c1cccc2[nH]c(-c3ccn[nH]3)cc12. The molecule has 2 heterocycles. The second-order valence-corrected chi connectivity index (χ2v) is 3.65. The first-order valence-electron chi connectivity index (χ1n) is 5.01. The van der Waals surface area contributed by atoms with E-state index in [0.717, 1.165) is 16.9 Å². The maximum Gasteiger partial charge on any atom is 0.278 e. The fraction of sp³-hybridized carbons (Fsp3) is 0. The molecule has 84 valence electrons. The lowest BCUT2D eigenvalue weighted by atomic mass is 10.2. The number of nitro groups is 1. The van der Waals surface area contributed by atoms with Crippen LogP contribution in [0.5, 0.6) is 0 Å². The molecule has 0 radical (unpaired) electrons. The first-order chi connectivity index (χ1) is 8.25. The predicted molar refractivity (Wildman–Crippen MR) is 62.5 cm³/mol. The largest absolute Gasteiger partial charge is 0.353 e. The Hall–Kier alpha value is -2.63. The number of nitrogens with zero attached hydrogens (tertiary/aromatic N) is 2. The fourth-order valence-corrected chi connectivity index (χ4v) is 1.85. The maximum absolute atomic E-state index is 10.9. The third-order valence-electron chi connectivity index (χ3n) is 2.63. The van der Waals surface area contributed by atoms with Gasteiger partial charge < -0.3 is 4.98 Å². The van der Waals surface area contributed by atoms with Gasteiger partial charge in [-0.2, -0.15) is 5.10 Å². The Morgan fingerprint density at radius 1 is 1.24 bits per heavy atom. The van der Waals surface area contributed by atoms with Crippen LogP contribution in [0.1, 0.15) is 0 Å². The highest BCUT2D eigenvalue weighted by Gasteiger charge is 2.14. The first kappa shape index (κ1) is 9.59. The van der Waals surface area contributed by atoms with Gasteiger partial charge in [0.2, 0.25) is 0 Å². The van der Waals surface area contributed by atoms with Gasteiger partial charge in [0.05, 0.1) is 27.2 Å². The monoisotopic (exact) mass is 228 g/mol. The highest BCUT2D eigenvalue weighted by molar-refractivity contribution is 5.92. The van der Waals surface area contributed by atoms with Crippen molar-refractivity contribution in [3.05, 3.63) is 46.6 Å². The standard InChI is InChI=1S/C11H8N4O2/c16-15(17)11-3-1-2-8-7(11)6-10(13-8)9-4-5-12-14-9/h1-6,13H,(H,12,14). The maximum atomic E-state index is 10.9. The van der Waals surface area contributed by atoms with Crippen LogP contribution in [0, 0.1) is 10.1 Å². The van der Waals surface area contributed by atoms with Gasteiger partial charge in [-0.15, -0.1) is 0 Å². The van der Waals surface area contributed by atoms with Crippen LogP contribution in [0.3, 0.4) is 0 Å². The van der Waals surface area contributed by atoms with Gasteiger partial charge in [-0.1, -0.05) is 6.07 Å². The van der Waals surface area contributed by atoms with Crippen LogP contribution in [0.15, 0.2) is 36.5 Å². The van der Waals surface area contributed by atoms with Crippen molar-refractivity contribution >= 4 is 16.6 Å². The molecule has 17 heavy (non-hydrogen) atoms. The Morgan fingerprint density at radius 2 is 2.12 bits per heavy atom. The average Bonchev–Trinajstić information content (AvgIpc) is 2.96. The summed E-state index contributed by atoms with van der Waals surface area (Å²) in [6, 6.07) is 8.51. The van der Waals surface area contributed by atoms with Gasteiger partial charge in [-0.05, 0) is 18.2 Å². The average molecular weight is 228 g/mol. The van der Waals surface area contributed by atoms with Gasteiger partial charge in [0.15, 0.2) is 0 Å². The Labute approximate surface area is 95.4 Å². The quantitative estimate of drug-likeness (QED) is 0.521. The van der Waals surface area contributed by atoms with E-state index in [1.54, 1.807) is 24.4 Å². The van der Waals surface area contributed by atoms with Crippen LogP contribution in [-0.4, -0.2) is 20.1 Å². The van der Waals surface area contributed by atoms with Crippen molar-refractivity contribution in [3.63, 3.8) is 0 Å². The molecule has 0 atom stereocenters. The van der Waals surface area contributed by atoms with Gasteiger partial charge in [-0.25, -0.2) is 0 Å². The zero-order valence-electron chi connectivity index (χ0n) is 8.68. The third kappa shape index (κ3) is 1.46. The molecule has 0 saturated heterocycles. The van der Waals surface area contributed by atoms with Gasteiger partial charge >= 0.3 is 0 Å². The minimum Gasteiger partial charge on any atom is -0.353 e. The molecule has 0 fully saturated rings. The number of H-pyrrole nitrogens is 2. The lowest BCUT2D eigenvalue weighted by molar-refractivity contribution is -0.383. The Balaban J connectivity index is 2.26. The normalized spacial score (nSPS) is 10.8. The molecular weight excluding hydrogens is 220 g/mol. The third-order valence-corrected chi connectivity index (χ3v) is 2.63. The number of aromatic nitrogens is 3. The number of hydrogen-bond donors (Lipinski definition) is 2. The number of hydrogen-bond acceptors (Lipinski definition) is 3. The number of fused-ring (bicyclic) bond motifs is 1. The van der Waals surface area contributed by atoms with E-state index in [1.165, 1.54) is 6.07 Å². The van der Waals surface area contributed by atoms with Crippen molar-refractivity contribution in [1.29, 1.82) is 0 Å². The Kier molecular flexibility index (Phi) is 1.94. The number of nitrogens with one attached hydrogen (secondary N) is 2. The minimum absolute atomic E-state index is 0.101. The lowest BCUT2D eigenvalue weighted by Gasteiger charge is -1.91. The van der Waals surface area contributed by atoms with E-state index in [2.05, 4.69) is 15.2 Å². The molecule has 0 aliphatic rings. The highest BCUT2D eigenvalue weighted by atomic mass is 16.6. The van der Waals surface area contributed by atoms with Crippen molar-refractivity contribution in [2.45, 2.75) is 0 Å². The van der Waals surface area contributed by atoms with Crippen LogP contribution in [0.25, 0.3) is 22.3 Å². The first-order valence-corrected chi connectivity index (χ1v) is 5.01. The molecule has 0 saturated carbocycles. The van der Waals surface area contributed by atoms with E-state index >= 15 is 0 Å². The number of rotatable bonds is 2. The summed E-state index contributed by atoms with van der Waals surface area (Å²) in [5.41, 5.74) is 2.43. The van der Waals surface area contributed by atoms with Crippen molar-refractivity contribution in [2.24, 2.45) is 0 Å². The molecule has 6 heteroatoms. The Morgan fingerprint density at radius 3 is 2.82 bits per heavy atom. The second-order valence-electron chi connectivity index (χ2n) is 3.65. The number of aromatic amines is 2. The zero-order chi connectivity index (χ0) is 11.8. The minimum atomic E-state index is -0.382. The molecule has 0 aliphatic carbocycles. The molecule has 2 aromatic heterocycles. The van der Waals surface area contributed by atoms with E-state index in [-0.39, 0.29) is 10.6 Å². The molecule has 3 aromatic rings. The second kappa shape index (κ2) is 3.44. The summed E-state index contributed by atoms with van der Waals surface area (Å²) in [7, 11) is 0. The zero-order valence-corrected chi connectivity index (χ0v) is 8.68. The topological polar surface area (TPSA) is 87.6 Å². The summed E-state index contributed by atoms with van der Waals surface area (Å²) >= 11 is 0. The van der Waals surface area contributed by atoms with Crippen LogP contribution < -0.4 is 0 Å². The molecule has 0 bridgehead atoms. The van der Waals surface area contributed by atoms with Crippen molar-refractivity contribution < 1.29 is 4.92 Å². The molecule has 2 N–H and O–H groups in total. The Bertz CT molecular complexity index is 685. The van der Waals surface area contributed by atoms with Crippen molar-refractivity contribution in [2.75, 3.05) is 0 Å². The van der Waals surface area contributed by atoms with Crippen LogP contribution in [0.4, 0.5) is 5.69 Å². The van der Waals surface area contributed by atoms with Gasteiger partial charge in [0.25, 0.3) is 5.69 Å². The van der Waals surface area contributed by atoms with E-state index in [9.17, 15) is 10.1 Å². The van der Waals surface area contributed by atoms with E-state index in [1.807, 2.05) is 6.07 Å². The number of benzene rings is 1. The van der Waals surface area contributed by atoms with E-state index < -0.39 is 0 Å². The van der Waals surface area contributed by atoms with Crippen LogP contribution in [-0.2, 0) is 0 Å². The molecule has 1 aromatic carbocycles. The summed E-state index contributed by atoms with van der Waals surface area (Å²) in [5.74, 6) is 0. The molecule has 0 unspecified atom stereocenters. The van der Waals surface area contributed by atoms with Crippen molar-refractivity contribution in [3.8, 4) is 11.4 Å². The van der Waals surface area contributed by atoms with Crippen LogP contribution in [0.2, 0.25) is 0 Å². The smallest absolute Gasteiger partial charge is 0.278 e. The predicted octanol–water partition coefficient (Wildman–Crippen LogP) is 2.47. The number of non-ortho nitro benzene ring substituents is 1. The fourth-order valence-electron chi connectivity index (χ4n) is 1.85. The molecule has 0 amide bonds. The van der Waals surface area contributed by atoms with E-state index in [4.69, 9.17) is 0 Å². The van der Waals surface area contributed by atoms with Gasteiger partial charge in [0.1, 0.15) is 0 Å². The molecule has 6 nitrogen and oxygen atoms in total. The van der Waals surface area contributed by atoms with Crippen LogP contribution >= 0.6 is 0 Å². The summed E-state index contributed by atoms with van der Waals surface area (Å²) in [4.78, 5) is 13.6. The van der Waals surface area contributed by atoms with Crippen molar-refractivity contribution in [1.82, 2.24) is 15.2 Å². The highest BCUT2D eigenvalue weighted by Crippen LogP contribution is 2.29. The molecule has 0 aliphatic heterocycles. The number of nitro benzene ring substituents is 1. The molecule has 3 rings (SSSR count). The van der Waals surface area contributed by atoms with Gasteiger partial charge in [0, 0.05) is 12.3 Å². The lowest BCUT2D eigenvalue weighted by Crippen LogP contribution is -1.87. The molecular formula is C11H8N4O2. The van der Waals surface area contributed by atoms with E-state index in [0.29, 0.717) is 5.39 Å². The summed E-state index contributed by atoms with van der Waals surface area (Å²) < 4.78 is 0. The summed E-state index contributed by atoms with van der Waals surface area (Å²) in [6.45, 7) is 0.